The number of halogens is 1. The average Bonchev–Trinajstić information content (AvgIpc) is 2.43. The van der Waals surface area contributed by atoms with Crippen LogP contribution in [0.25, 0.3) is 0 Å². The Hall–Kier alpha value is -0.710. The summed E-state index contributed by atoms with van der Waals surface area (Å²) in [6, 6.07) is 7.31. The Morgan fingerprint density at radius 2 is 2.11 bits per heavy atom. The Morgan fingerprint density at radius 3 is 2.84 bits per heavy atom. The van der Waals surface area contributed by atoms with E-state index in [1.165, 1.54) is 12.8 Å². The molecular weight excluding hydrogens is 280 g/mol. The highest BCUT2D eigenvalue weighted by molar-refractivity contribution is 7.99. The highest BCUT2D eigenvalue weighted by Gasteiger charge is 2.13. The first-order chi connectivity index (χ1) is 9.25. The fraction of sp³-hybridized carbons (Fsp3) is 0.500. The molecule has 1 aromatic rings. The SMILES string of the molecule is O=C(CSCC1CCNCC1)Nc1ccccc1Cl. The molecule has 0 spiro atoms. The largest absolute Gasteiger partial charge is 0.324 e. The van der Waals surface area contributed by atoms with Crippen LogP contribution in [0.1, 0.15) is 12.8 Å². The molecule has 3 nitrogen and oxygen atoms in total. The highest BCUT2D eigenvalue weighted by Crippen LogP contribution is 2.21. The zero-order chi connectivity index (χ0) is 13.5. The Balaban J connectivity index is 1.68. The number of thioether (sulfide) groups is 1. The van der Waals surface area contributed by atoms with E-state index in [1.54, 1.807) is 17.8 Å². The maximum atomic E-state index is 11.8. The number of piperidine rings is 1. The summed E-state index contributed by atoms with van der Waals surface area (Å²) in [5.41, 5.74) is 0.691. The topological polar surface area (TPSA) is 41.1 Å². The molecule has 19 heavy (non-hydrogen) atoms. The lowest BCUT2D eigenvalue weighted by Crippen LogP contribution is -2.29. The molecule has 1 aliphatic rings. The van der Waals surface area contributed by atoms with Crippen molar-refractivity contribution in [2.45, 2.75) is 12.8 Å². The molecule has 0 radical (unpaired) electrons. The third-order valence-electron chi connectivity index (χ3n) is 3.19. The first-order valence-electron chi connectivity index (χ1n) is 6.58. The van der Waals surface area contributed by atoms with Gasteiger partial charge in [-0.25, -0.2) is 0 Å². The van der Waals surface area contributed by atoms with Crippen LogP contribution >= 0.6 is 23.4 Å². The van der Waals surface area contributed by atoms with Crippen molar-refractivity contribution in [3.63, 3.8) is 0 Å². The molecule has 2 rings (SSSR count). The van der Waals surface area contributed by atoms with Gasteiger partial charge in [-0.15, -0.1) is 0 Å². The third-order valence-corrected chi connectivity index (χ3v) is 4.70. The minimum Gasteiger partial charge on any atom is -0.324 e. The van der Waals surface area contributed by atoms with E-state index in [9.17, 15) is 4.79 Å². The number of benzene rings is 1. The van der Waals surface area contributed by atoms with Crippen molar-refractivity contribution in [2.24, 2.45) is 5.92 Å². The molecule has 0 bridgehead atoms. The van der Waals surface area contributed by atoms with Gasteiger partial charge in [0.25, 0.3) is 0 Å². The number of carbonyl (C=O) groups excluding carboxylic acids is 1. The smallest absolute Gasteiger partial charge is 0.234 e. The molecule has 0 aromatic heterocycles. The molecule has 2 N–H and O–H groups in total. The van der Waals surface area contributed by atoms with Crippen LogP contribution in [-0.2, 0) is 4.79 Å². The van der Waals surface area contributed by atoms with E-state index in [2.05, 4.69) is 10.6 Å². The van der Waals surface area contributed by atoms with Crippen LogP contribution in [0.2, 0.25) is 5.02 Å². The molecule has 1 heterocycles. The summed E-state index contributed by atoms with van der Waals surface area (Å²) in [4.78, 5) is 11.8. The van der Waals surface area contributed by atoms with Crippen molar-refractivity contribution in [2.75, 3.05) is 29.9 Å². The van der Waals surface area contributed by atoms with Gasteiger partial charge in [0.1, 0.15) is 0 Å². The predicted octanol–water partition coefficient (Wildman–Crippen LogP) is 3.01. The van der Waals surface area contributed by atoms with Crippen LogP contribution < -0.4 is 10.6 Å². The average molecular weight is 299 g/mol. The van der Waals surface area contributed by atoms with E-state index in [0.717, 1.165) is 24.8 Å². The van der Waals surface area contributed by atoms with Crippen LogP contribution in [0.15, 0.2) is 24.3 Å². The number of nitrogens with one attached hydrogen (secondary N) is 2. The van der Waals surface area contributed by atoms with Gasteiger partial charge >= 0.3 is 0 Å². The quantitative estimate of drug-likeness (QED) is 0.878. The maximum Gasteiger partial charge on any atom is 0.234 e. The van der Waals surface area contributed by atoms with Crippen molar-refractivity contribution in [3.05, 3.63) is 29.3 Å². The van der Waals surface area contributed by atoms with Gasteiger partial charge in [0, 0.05) is 0 Å². The van der Waals surface area contributed by atoms with Crippen molar-refractivity contribution in [1.29, 1.82) is 0 Å². The fourth-order valence-electron chi connectivity index (χ4n) is 2.12. The monoisotopic (exact) mass is 298 g/mol. The van der Waals surface area contributed by atoms with Gasteiger partial charge in [0.15, 0.2) is 0 Å². The first kappa shape index (κ1) is 14.7. The van der Waals surface area contributed by atoms with Crippen LogP contribution in [0.5, 0.6) is 0 Å². The van der Waals surface area contributed by atoms with Crippen molar-refractivity contribution >= 4 is 35.0 Å². The summed E-state index contributed by atoms with van der Waals surface area (Å²) in [5.74, 6) is 2.33. The van der Waals surface area contributed by atoms with Gasteiger partial charge in [-0.05, 0) is 49.7 Å². The summed E-state index contributed by atoms with van der Waals surface area (Å²) in [7, 11) is 0. The van der Waals surface area contributed by atoms with E-state index < -0.39 is 0 Å². The summed E-state index contributed by atoms with van der Waals surface area (Å²) in [6.07, 6.45) is 2.44. The van der Waals surface area contributed by atoms with Crippen LogP contribution in [-0.4, -0.2) is 30.5 Å². The van der Waals surface area contributed by atoms with Gasteiger partial charge in [-0.3, -0.25) is 4.79 Å². The van der Waals surface area contributed by atoms with Gasteiger partial charge in [0.2, 0.25) is 5.91 Å². The molecule has 1 aromatic carbocycles. The number of hydrogen-bond donors (Lipinski definition) is 2. The Morgan fingerprint density at radius 1 is 1.37 bits per heavy atom. The molecule has 0 unspecified atom stereocenters. The Labute approximate surface area is 123 Å². The van der Waals surface area contributed by atoms with Crippen LogP contribution in [0.4, 0.5) is 5.69 Å². The molecule has 1 aliphatic heterocycles. The summed E-state index contributed by atoms with van der Waals surface area (Å²) in [5, 5.41) is 6.78. The molecule has 0 aliphatic carbocycles. The number of amides is 1. The molecule has 0 saturated carbocycles. The number of hydrogen-bond acceptors (Lipinski definition) is 3. The maximum absolute atomic E-state index is 11.8. The van der Waals surface area contributed by atoms with E-state index in [0.29, 0.717) is 16.5 Å². The lowest BCUT2D eigenvalue weighted by atomic mass is 10.0. The Bertz CT molecular complexity index is 422. The number of anilines is 1. The van der Waals surface area contributed by atoms with E-state index in [4.69, 9.17) is 11.6 Å². The fourth-order valence-corrected chi connectivity index (χ4v) is 3.34. The zero-order valence-corrected chi connectivity index (χ0v) is 12.4. The molecule has 1 amide bonds. The molecule has 0 atom stereocenters. The second-order valence-corrected chi connectivity index (χ2v) is 6.17. The summed E-state index contributed by atoms with van der Waals surface area (Å²) < 4.78 is 0. The van der Waals surface area contributed by atoms with E-state index in [-0.39, 0.29) is 5.91 Å². The van der Waals surface area contributed by atoms with Gasteiger partial charge in [-0.1, -0.05) is 23.7 Å². The molecule has 104 valence electrons. The normalized spacial score (nSPS) is 16.3. The predicted molar refractivity (Wildman–Crippen MR) is 83.0 cm³/mol. The molecule has 1 fully saturated rings. The van der Waals surface area contributed by atoms with Crippen molar-refractivity contribution in [3.8, 4) is 0 Å². The van der Waals surface area contributed by atoms with Gasteiger partial charge < -0.3 is 10.6 Å². The molecule has 5 heteroatoms. The van der Waals surface area contributed by atoms with E-state index in [1.807, 2.05) is 18.2 Å². The third kappa shape index (κ3) is 5.05. The second-order valence-electron chi connectivity index (χ2n) is 4.74. The lowest BCUT2D eigenvalue weighted by molar-refractivity contribution is -0.113. The standard InChI is InChI=1S/C14H19ClN2OS/c15-12-3-1-2-4-13(12)17-14(18)10-19-9-11-5-7-16-8-6-11/h1-4,11,16H,5-10H2,(H,17,18). The summed E-state index contributed by atoms with van der Waals surface area (Å²) >= 11 is 7.71. The summed E-state index contributed by atoms with van der Waals surface area (Å²) in [6.45, 7) is 2.22. The van der Waals surface area contributed by atoms with E-state index >= 15 is 0 Å². The highest BCUT2D eigenvalue weighted by atomic mass is 35.5. The van der Waals surface area contributed by atoms with Crippen LogP contribution in [0, 0.1) is 5.92 Å². The van der Waals surface area contributed by atoms with Gasteiger partial charge in [-0.2, -0.15) is 11.8 Å². The van der Waals surface area contributed by atoms with Crippen molar-refractivity contribution < 1.29 is 4.79 Å². The molecular formula is C14H19ClN2OS. The van der Waals surface area contributed by atoms with Crippen molar-refractivity contribution in [1.82, 2.24) is 5.32 Å². The second kappa shape index (κ2) is 7.78. The Kier molecular flexibility index (Phi) is 6.01. The minimum atomic E-state index is 0.0204. The first-order valence-corrected chi connectivity index (χ1v) is 8.12. The number of para-hydroxylation sites is 1. The van der Waals surface area contributed by atoms with Gasteiger partial charge in [0.05, 0.1) is 16.5 Å². The number of rotatable bonds is 5. The minimum absolute atomic E-state index is 0.0204. The zero-order valence-electron chi connectivity index (χ0n) is 10.8. The van der Waals surface area contributed by atoms with Crippen LogP contribution in [0.3, 0.4) is 0 Å². The molecule has 1 saturated heterocycles. The lowest BCUT2D eigenvalue weighted by Gasteiger charge is -2.21. The number of carbonyl (C=O) groups is 1.